The van der Waals surface area contributed by atoms with Crippen LogP contribution in [0.3, 0.4) is 0 Å². The zero-order chi connectivity index (χ0) is 30.7. The largest absolute Gasteiger partial charge is 0.321 e. The van der Waals surface area contributed by atoms with Gasteiger partial charge in [-0.15, -0.1) is 0 Å². The van der Waals surface area contributed by atoms with E-state index in [2.05, 4.69) is 4.90 Å². The highest BCUT2D eigenvalue weighted by Gasteiger charge is 2.30. The van der Waals surface area contributed by atoms with Crippen molar-refractivity contribution in [1.29, 1.82) is 0 Å². The minimum Gasteiger partial charge on any atom is -0.321 e. The van der Waals surface area contributed by atoms with E-state index >= 15 is 0 Å². The van der Waals surface area contributed by atoms with E-state index in [1.807, 2.05) is 59.5 Å². The van der Waals surface area contributed by atoms with Crippen molar-refractivity contribution in [3.8, 4) is 22.3 Å². The van der Waals surface area contributed by atoms with Crippen LogP contribution >= 0.6 is 0 Å². The normalized spacial score (nSPS) is 16.8. The van der Waals surface area contributed by atoms with Crippen LogP contribution in [-0.4, -0.2) is 6.67 Å². The molecule has 0 unspecified atom stereocenters. The highest BCUT2D eigenvalue weighted by molar-refractivity contribution is 5.98. The van der Waals surface area contributed by atoms with Crippen molar-refractivity contribution in [2.75, 3.05) is 16.5 Å². The quantitative estimate of drug-likeness (QED) is 0.281. The molecule has 5 aromatic carbocycles. The third kappa shape index (κ3) is 3.46. The van der Waals surface area contributed by atoms with Gasteiger partial charge >= 0.3 is 0 Å². The molecule has 33 heavy (non-hydrogen) atoms. The van der Waals surface area contributed by atoms with E-state index in [0.717, 1.165) is 17.1 Å². The lowest BCUT2D eigenvalue weighted by Gasteiger charge is -2.27. The molecular weight excluding hydrogens is 400 g/mol. The molecule has 1 aliphatic rings. The predicted molar refractivity (Wildman–Crippen MR) is 139 cm³/mol. The first kappa shape index (κ1) is 11.5. The molecular formula is C31H24N2. The lowest BCUT2D eigenvalue weighted by molar-refractivity contribution is 0.992. The fourth-order valence-corrected chi connectivity index (χ4v) is 4.24. The highest BCUT2D eigenvalue weighted by Crippen LogP contribution is 2.49. The Labute approximate surface area is 209 Å². The molecule has 0 aliphatic carbocycles. The molecule has 5 aromatic rings. The van der Waals surface area contributed by atoms with Crippen LogP contribution in [0.5, 0.6) is 0 Å². The summed E-state index contributed by atoms with van der Waals surface area (Å²) in [4.78, 5) is 3.95. The third-order valence-corrected chi connectivity index (χ3v) is 5.66. The van der Waals surface area contributed by atoms with Gasteiger partial charge in [-0.25, -0.2) is 0 Å². The first-order valence-corrected chi connectivity index (χ1v) is 10.5. The zero-order valence-electron chi connectivity index (χ0n) is 27.5. The molecule has 0 spiro atoms. The third-order valence-electron chi connectivity index (χ3n) is 5.66. The van der Waals surface area contributed by atoms with Crippen molar-refractivity contribution in [2.24, 2.45) is 0 Å². The number of hydrogen-bond donors (Lipinski definition) is 0. The number of nitrogens with zero attached hydrogens (tertiary/aromatic N) is 2. The SMILES string of the molecule is [2H]c1c([2H])c([2H])c(-c2cccc(-c3c([2H])c([2H])c([2H])c([2H])c3[2H])c2N2CN(c3ccccc3)c3ccccc32)c([2H])c1[2H]. The fraction of sp³-hybridized carbons (Fsp3) is 0.0323. The molecule has 2 heteroatoms. The van der Waals surface area contributed by atoms with Crippen LogP contribution in [-0.2, 0) is 0 Å². The summed E-state index contributed by atoms with van der Waals surface area (Å²) < 4.78 is 84.6. The zero-order valence-corrected chi connectivity index (χ0v) is 17.5. The van der Waals surface area contributed by atoms with E-state index in [9.17, 15) is 0 Å². The van der Waals surface area contributed by atoms with Gasteiger partial charge in [0.25, 0.3) is 0 Å². The number of hydrogen-bond acceptors (Lipinski definition) is 2. The van der Waals surface area contributed by atoms with E-state index in [-0.39, 0.29) is 28.9 Å². The number of rotatable bonds is 4. The van der Waals surface area contributed by atoms with Crippen LogP contribution in [0.25, 0.3) is 22.3 Å². The molecule has 0 saturated carbocycles. The Hall–Kier alpha value is -4.30. The minimum absolute atomic E-state index is 0.0501. The molecule has 6 rings (SSSR count). The van der Waals surface area contributed by atoms with Crippen LogP contribution in [0, 0.1) is 0 Å². The second-order valence-electron chi connectivity index (χ2n) is 7.52. The van der Waals surface area contributed by atoms with Gasteiger partial charge in [-0.1, -0.05) is 109 Å². The van der Waals surface area contributed by atoms with Gasteiger partial charge in [0.2, 0.25) is 0 Å². The Morgan fingerprint density at radius 2 is 1.03 bits per heavy atom. The molecule has 0 N–H and O–H groups in total. The minimum atomic E-state index is -0.524. The number of benzene rings is 5. The lowest BCUT2D eigenvalue weighted by Crippen LogP contribution is -2.24. The second-order valence-corrected chi connectivity index (χ2v) is 7.52. The van der Waals surface area contributed by atoms with Gasteiger partial charge in [0.15, 0.2) is 0 Å². The first-order chi connectivity index (χ1) is 20.5. The highest BCUT2D eigenvalue weighted by atomic mass is 15.4. The summed E-state index contributed by atoms with van der Waals surface area (Å²) in [6.45, 7) is 0.241. The van der Waals surface area contributed by atoms with Gasteiger partial charge in [0.1, 0.15) is 6.67 Å². The van der Waals surface area contributed by atoms with Crippen molar-refractivity contribution >= 4 is 22.7 Å². The van der Waals surface area contributed by atoms with E-state index in [1.54, 1.807) is 18.2 Å². The summed E-state index contributed by atoms with van der Waals surface area (Å²) in [5.41, 5.74) is 3.26. The molecule has 0 atom stereocenters. The van der Waals surface area contributed by atoms with Gasteiger partial charge in [-0.3, -0.25) is 0 Å². The monoisotopic (exact) mass is 434 g/mol. The van der Waals surface area contributed by atoms with Gasteiger partial charge in [-0.05, 0) is 35.4 Å². The van der Waals surface area contributed by atoms with Crippen molar-refractivity contribution in [1.82, 2.24) is 0 Å². The molecule has 0 fully saturated rings. The Morgan fingerprint density at radius 1 is 0.515 bits per heavy atom. The van der Waals surface area contributed by atoms with Crippen LogP contribution in [0.4, 0.5) is 22.7 Å². The standard InChI is InChI=1S/C31H24N2/c1-4-13-24(14-5-1)27-19-12-20-28(25-15-6-2-7-16-25)31(27)33-23-32(26-17-8-3-9-18-26)29-21-10-11-22-30(29)33/h1-22H,23H2/i1D,2D,4D,5D,6D,7D,13D,14D,15D,16D. The Kier molecular flexibility index (Phi) is 2.91. The van der Waals surface area contributed by atoms with Gasteiger partial charge in [-0.2, -0.15) is 0 Å². The summed E-state index contributed by atoms with van der Waals surface area (Å²) in [6.07, 6.45) is 0. The maximum Gasteiger partial charge on any atom is 0.100 e. The average Bonchev–Trinajstić information content (AvgIpc) is 3.41. The van der Waals surface area contributed by atoms with Crippen molar-refractivity contribution < 1.29 is 13.7 Å². The summed E-state index contributed by atoms with van der Waals surface area (Å²) in [6, 6.07) is 17.5. The van der Waals surface area contributed by atoms with Gasteiger partial charge < -0.3 is 9.80 Å². The second kappa shape index (κ2) is 8.33. The fourth-order valence-electron chi connectivity index (χ4n) is 4.24. The Balaban J connectivity index is 1.73. The first-order valence-electron chi connectivity index (χ1n) is 15.5. The molecule has 0 bridgehead atoms. The lowest BCUT2D eigenvalue weighted by atomic mass is 9.95. The van der Waals surface area contributed by atoms with Crippen LogP contribution in [0.15, 0.2) is 133 Å². The van der Waals surface area contributed by atoms with Crippen LogP contribution in [0.1, 0.15) is 13.7 Å². The summed E-state index contributed by atoms with van der Waals surface area (Å²) >= 11 is 0. The molecule has 1 heterocycles. The predicted octanol–water partition coefficient (Wildman–Crippen LogP) is 8.27. The molecule has 0 saturated heterocycles. The topological polar surface area (TPSA) is 6.48 Å². The van der Waals surface area contributed by atoms with Crippen molar-refractivity contribution in [3.05, 3.63) is 133 Å². The van der Waals surface area contributed by atoms with Gasteiger partial charge in [0.05, 0.1) is 30.8 Å². The summed E-state index contributed by atoms with van der Waals surface area (Å²) in [7, 11) is 0. The van der Waals surface area contributed by atoms with Gasteiger partial charge in [0, 0.05) is 16.8 Å². The Morgan fingerprint density at radius 3 is 1.61 bits per heavy atom. The molecule has 158 valence electrons. The number of para-hydroxylation sites is 4. The molecule has 2 nitrogen and oxygen atoms in total. The van der Waals surface area contributed by atoms with E-state index in [0.29, 0.717) is 5.69 Å². The maximum absolute atomic E-state index is 8.75. The van der Waals surface area contributed by atoms with Crippen LogP contribution < -0.4 is 9.80 Å². The molecule has 1 aliphatic heterocycles. The number of fused-ring (bicyclic) bond motifs is 1. The summed E-state index contributed by atoms with van der Waals surface area (Å²) in [5, 5.41) is 0. The Bertz CT molecular complexity index is 1780. The van der Waals surface area contributed by atoms with Crippen LogP contribution in [0.2, 0.25) is 0 Å². The molecule has 0 aromatic heterocycles. The summed E-state index contributed by atoms with van der Waals surface area (Å²) in [5.74, 6) is 0. The van der Waals surface area contributed by atoms with E-state index in [4.69, 9.17) is 13.7 Å². The van der Waals surface area contributed by atoms with Crippen molar-refractivity contribution in [2.45, 2.75) is 0 Å². The van der Waals surface area contributed by atoms with E-state index in [1.165, 1.54) is 0 Å². The average molecular weight is 435 g/mol. The smallest absolute Gasteiger partial charge is 0.100 e. The van der Waals surface area contributed by atoms with Crippen molar-refractivity contribution in [3.63, 3.8) is 0 Å². The molecule has 0 radical (unpaired) electrons. The molecule has 0 amide bonds. The van der Waals surface area contributed by atoms with E-state index < -0.39 is 60.4 Å². The maximum atomic E-state index is 8.75. The number of anilines is 4.